The lowest BCUT2D eigenvalue weighted by Gasteiger charge is -2.48. The van der Waals surface area contributed by atoms with Crippen LogP contribution in [0, 0.1) is 0 Å². The molecule has 0 unspecified atom stereocenters. The monoisotopic (exact) mass is 463 g/mol. The fourth-order valence-electron chi connectivity index (χ4n) is 3.71. The van der Waals surface area contributed by atoms with E-state index in [2.05, 4.69) is 10.6 Å². The van der Waals surface area contributed by atoms with Gasteiger partial charge in [0, 0.05) is 20.5 Å². The van der Waals surface area contributed by atoms with Crippen molar-refractivity contribution in [1.82, 2.24) is 10.6 Å². The SMILES string of the molecule is CCCO[C@@H]1O[C@H](C)[C@H](N)[C@H](O[C@@H]2O[C@@H](C(=O)O)[C@H](O)[C@H](O)[C@H]2NC(C)=O)[C@H]1NC(C)=O. The van der Waals surface area contributed by atoms with E-state index in [1.807, 2.05) is 6.92 Å². The quantitative estimate of drug-likeness (QED) is 0.221. The summed E-state index contributed by atoms with van der Waals surface area (Å²) in [6.45, 7) is 6.37. The van der Waals surface area contributed by atoms with Gasteiger partial charge in [0.05, 0.1) is 12.1 Å². The maximum Gasteiger partial charge on any atom is 0.335 e. The average Bonchev–Trinajstić information content (AvgIpc) is 2.70. The van der Waals surface area contributed by atoms with Gasteiger partial charge in [-0.15, -0.1) is 0 Å². The first-order chi connectivity index (χ1) is 15.0. The van der Waals surface area contributed by atoms with Gasteiger partial charge in [-0.3, -0.25) is 9.59 Å². The second kappa shape index (κ2) is 11.3. The van der Waals surface area contributed by atoms with Crippen molar-refractivity contribution in [2.75, 3.05) is 6.61 Å². The van der Waals surface area contributed by atoms with Crippen LogP contribution in [0.15, 0.2) is 0 Å². The van der Waals surface area contributed by atoms with Crippen LogP contribution in [0.4, 0.5) is 0 Å². The summed E-state index contributed by atoms with van der Waals surface area (Å²) in [7, 11) is 0. The lowest BCUT2D eigenvalue weighted by molar-refractivity contribution is -0.305. The number of carboxylic acids is 1. The van der Waals surface area contributed by atoms with Crippen LogP contribution >= 0.6 is 0 Å². The number of nitrogens with two attached hydrogens (primary N) is 1. The van der Waals surface area contributed by atoms with Gasteiger partial charge in [0.2, 0.25) is 11.8 Å². The molecule has 2 aliphatic rings. The summed E-state index contributed by atoms with van der Waals surface area (Å²) in [5.74, 6) is -2.51. The van der Waals surface area contributed by atoms with Crippen molar-refractivity contribution >= 4 is 17.8 Å². The van der Waals surface area contributed by atoms with Gasteiger partial charge in [-0.1, -0.05) is 6.92 Å². The largest absolute Gasteiger partial charge is 0.479 e. The maximum atomic E-state index is 11.8. The van der Waals surface area contributed by atoms with Crippen molar-refractivity contribution < 1.29 is 48.7 Å². The molecule has 32 heavy (non-hydrogen) atoms. The predicted molar refractivity (Wildman–Crippen MR) is 107 cm³/mol. The Bertz CT molecular complexity index is 680. The molecule has 0 aliphatic carbocycles. The van der Waals surface area contributed by atoms with Crippen LogP contribution in [0.2, 0.25) is 0 Å². The molecule has 2 amide bonds. The first kappa shape index (κ1) is 26.4. The number of ether oxygens (including phenoxy) is 4. The molecule has 2 rings (SSSR count). The zero-order chi connectivity index (χ0) is 24.2. The van der Waals surface area contributed by atoms with E-state index in [-0.39, 0.29) is 0 Å². The van der Waals surface area contributed by atoms with Gasteiger partial charge in [0.25, 0.3) is 0 Å². The van der Waals surface area contributed by atoms with Crippen molar-refractivity contribution in [3.05, 3.63) is 0 Å². The molecule has 0 radical (unpaired) electrons. The van der Waals surface area contributed by atoms with Crippen molar-refractivity contribution in [2.45, 2.75) is 95.3 Å². The molecule has 10 atom stereocenters. The standard InChI is InChI=1S/C19H33N3O10/c1-5-6-29-18-12(22-9(4)24)15(10(20)7(2)30-18)31-19-11(21-8(3)23)13(25)14(26)16(32-19)17(27)28/h7,10-16,18-19,25-26H,5-6,20H2,1-4H3,(H,21,23)(H,22,24)(H,27,28)/t7-,10+,11-,12-,13-,14-,15+,16-,18-,19-/m1/s1. The zero-order valence-electron chi connectivity index (χ0n) is 18.5. The van der Waals surface area contributed by atoms with Crippen LogP contribution in [-0.2, 0) is 33.3 Å². The molecule has 0 aromatic rings. The molecule has 0 aromatic carbocycles. The van der Waals surface area contributed by atoms with E-state index in [1.165, 1.54) is 13.8 Å². The van der Waals surface area contributed by atoms with E-state index >= 15 is 0 Å². The van der Waals surface area contributed by atoms with Crippen LogP contribution in [0.3, 0.4) is 0 Å². The lowest BCUT2D eigenvalue weighted by Crippen LogP contribution is -2.70. The summed E-state index contributed by atoms with van der Waals surface area (Å²) >= 11 is 0. The predicted octanol–water partition coefficient (Wildman–Crippen LogP) is -2.59. The third-order valence-corrected chi connectivity index (χ3v) is 5.28. The highest BCUT2D eigenvalue weighted by Crippen LogP contribution is 2.29. The highest BCUT2D eigenvalue weighted by Gasteiger charge is 2.52. The van der Waals surface area contributed by atoms with E-state index in [0.29, 0.717) is 13.0 Å². The van der Waals surface area contributed by atoms with E-state index in [1.54, 1.807) is 6.92 Å². The van der Waals surface area contributed by atoms with Crippen molar-refractivity contribution in [3.8, 4) is 0 Å². The topological polar surface area (TPSA) is 199 Å². The molecular formula is C19H33N3O10. The molecule has 2 fully saturated rings. The Morgan fingerprint density at radius 2 is 1.59 bits per heavy atom. The number of carbonyl (C=O) groups excluding carboxylic acids is 2. The number of nitrogens with one attached hydrogen (secondary N) is 2. The minimum absolute atomic E-state index is 0.329. The molecule has 2 aliphatic heterocycles. The van der Waals surface area contributed by atoms with Crippen LogP contribution < -0.4 is 16.4 Å². The Labute approximate surface area is 185 Å². The molecule has 2 saturated heterocycles. The number of hydrogen-bond acceptors (Lipinski definition) is 10. The Balaban J connectivity index is 2.36. The van der Waals surface area contributed by atoms with Gasteiger partial charge >= 0.3 is 5.97 Å². The normalized spacial score (nSPS) is 39.8. The van der Waals surface area contributed by atoms with Crippen molar-refractivity contribution in [3.63, 3.8) is 0 Å². The number of rotatable bonds is 8. The van der Waals surface area contributed by atoms with E-state index in [4.69, 9.17) is 24.7 Å². The molecule has 0 aromatic heterocycles. The van der Waals surface area contributed by atoms with Gasteiger partial charge in [-0.25, -0.2) is 4.79 Å². The molecule has 0 spiro atoms. The number of aliphatic hydroxyl groups excluding tert-OH is 2. The summed E-state index contributed by atoms with van der Waals surface area (Å²) < 4.78 is 22.9. The van der Waals surface area contributed by atoms with Crippen molar-refractivity contribution in [2.24, 2.45) is 5.73 Å². The smallest absolute Gasteiger partial charge is 0.335 e. The minimum Gasteiger partial charge on any atom is -0.479 e. The second-order valence-corrected chi connectivity index (χ2v) is 7.96. The molecule has 13 nitrogen and oxygen atoms in total. The van der Waals surface area contributed by atoms with Gasteiger partial charge in [-0.2, -0.15) is 0 Å². The van der Waals surface area contributed by atoms with Crippen LogP contribution in [-0.4, -0.2) is 101 Å². The van der Waals surface area contributed by atoms with Gasteiger partial charge in [0.15, 0.2) is 18.7 Å². The number of amides is 2. The van der Waals surface area contributed by atoms with Gasteiger partial charge < -0.3 is 50.6 Å². The molecule has 7 N–H and O–H groups in total. The second-order valence-electron chi connectivity index (χ2n) is 7.96. The zero-order valence-corrected chi connectivity index (χ0v) is 18.5. The van der Waals surface area contributed by atoms with Crippen LogP contribution in [0.5, 0.6) is 0 Å². The van der Waals surface area contributed by atoms with E-state index in [9.17, 15) is 29.7 Å². The van der Waals surface area contributed by atoms with E-state index < -0.39 is 79.0 Å². The number of aliphatic carboxylic acids is 1. The number of carboxylic acid groups (broad SMARTS) is 1. The summed E-state index contributed by atoms with van der Waals surface area (Å²) in [6.07, 6.45) is -8.70. The van der Waals surface area contributed by atoms with Crippen LogP contribution in [0.25, 0.3) is 0 Å². The Morgan fingerprint density at radius 1 is 1.00 bits per heavy atom. The summed E-state index contributed by atoms with van der Waals surface area (Å²) in [4.78, 5) is 35.0. The first-order valence-corrected chi connectivity index (χ1v) is 10.4. The Hall–Kier alpha value is -1.87. The number of hydrogen-bond donors (Lipinski definition) is 6. The molecule has 0 bridgehead atoms. The molecule has 13 heteroatoms. The summed E-state index contributed by atoms with van der Waals surface area (Å²) in [6, 6.07) is -3.03. The fourth-order valence-corrected chi connectivity index (χ4v) is 3.71. The lowest BCUT2D eigenvalue weighted by atomic mass is 9.93. The fraction of sp³-hybridized carbons (Fsp3) is 0.842. The Morgan fingerprint density at radius 3 is 2.12 bits per heavy atom. The third kappa shape index (κ3) is 6.13. The van der Waals surface area contributed by atoms with Gasteiger partial charge in [0.1, 0.15) is 30.4 Å². The molecule has 184 valence electrons. The Kier molecular flexibility index (Phi) is 9.33. The summed E-state index contributed by atoms with van der Waals surface area (Å²) in [5.41, 5.74) is 6.27. The highest BCUT2D eigenvalue weighted by atomic mass is 16.7. The number of carbonyl (C=O) groups is 3. The van der Waals surface area contributed by atoms with Gasteiger partial charge in [-0.05, 0) is 13.3 Å². The third-order valence-electron chi connectivity index (χ3n) is 5.28. The molecule has 0 saturated carbocycles. The average molecular weight is 463 g/mol. The van der Waals surface area contributed by atoms with Crippen LogP contribution in [0.1, 0.15) is 34.1 Å². The molecular weight excluding hydrogens is 430 g/mol. The first-order valence-electron chi connectivity index (χ1n) is 10.4. The maximum absolute atomic E-state index is 11.8. The minimum atomic E-state index is -1.82. The highest BCUT2D eigenvalue weighted by molar-refractivity contribution is 5.75. The van der Waals surface area contributed by atoms with E-state index in [0.717, 1.165) is 0 Å². The van der Waals surface area contributed by atoms with Crippen molar-refractivity contribution in [1.29, 1.82) is 0 Å². The summed E-state index contributed by atoms with van der Waals surface area (Å²) in [5, 5.41) is 35.0. The molecule has 2 heterocycles. The number of aliphatic hydroxyl groups is 2.